The summed E-state index contributed by atoms with van der Waals surface area (Å²) in [7, 11) is 0. The highest BCUT2D eigenvalue weighted by molar-refractivity contribution is 5.78. The first-order valence-corrected chi connectivity index (χ1v) is 9.76. The number of amides is 1. The number of likely N-dealkylation sites (tertiary alicyclic amines) is 2. The van der Waals surface area contributed by atoms with Gasteiger partial charge in [0.15, 0.2) is 0 Å². The first kappa shape index (κ1) is 17.9. The van der Waals surface area contributed by atoms with Crippen molar-refractivity contribution < 1.29 is 4.79 Å². The highest BCUT2D eigenvalue weighted by Crippen LogP contribution is 2.31. The maximum Gasteiger partial charge on any atom is 0.236 e. The van der Waals surface area contributed by atoms with Gasteiger partial charge in [0.25, 0.3) is 0 Å². The topological polar surface area (TPSA) is 88.2 Å². The third kappa shape index (κ3) is 4.08. The molecule has 7 heteroatoms. The fraction of sp³-hybridized carbons (Fsp3) is 0.500. The largest absolute Gasteiger partial charge is 0.368 e. The van der Waals surface area contributed by atoms with Crippen LogP contribution in [0.1, 0.15) is 43.7 Å². The third-order valence-electron chi connectivity index (χ3n) is 5.55. The van der Waals surface area contributed by atoms with E-state index in [4.69, 9.17) is 5.73 Å². The Morgan fingerprint density at radius 1 is 1.00 bits per heavy atom. The summed E-state index contributed by atoms with van der Waals surface area (Å²) in [5.74, 6) is 0.527. The van der Waals surface area contributed by atoms with E-state index in [9.17, 15) is 4.79 Å². The second-order valence-corrected chi connectivity index (χ2v) is 7.38. The lowest BCUT2D eigenvalue weighted by Gasteiger charge is -2.36. The van der Waals surface area contributed by atoms with E-state index in [1.54, 1.807) is 12.4 Å². The molecule has 0 radical (unpaired) electrons. The molecule has 2 aromatic heterocycles. The van der Waals surface area contributed by atoms with Gasteiger partial charge in [-0.1, -0.05) is 12.5 Å². The number of hydrogen-bond acceptors (Lipinski definition) is 6. The minimum atomic E-state index is 0.259. The SMILES string of the molecule is Nc1ncc(-c2ccc(C3CCCCN3CC(=O)N3CCCC3)cn2)cn1. The maximum atomic E-state index is 12.6. The van der Waals surface area contributed by atoms with Crippen LogP contribution in [0.3, 0.4) is 0 Å². The standard InChI is InChI=1S/C20H26N6O/c21-20-23-12-16(13-24-20)17-7-6-15(11-22-17)18-5-1-2-10-26(18)14-19(27)25-8-3-4-9-25/h6-7,11-13,18H,1-5,8-10,14H2,(H2,21,23,24). The molecule has 1 amide bonds. The molecule has 0 aliphatic carbocycles. The molecule has 142 valence electrons. The van der Waals surface area contributed by atoms with E-state index in [0.29, 0.717) is 6.54 Å². The average molecular weight is 366 g/mol. The molecular weight excluding hydrogens is 340 g/mol. The molecule has 27 heavy (non-hydrogen) atoms. The number of nitrogens with zero attached hydrogens (tertiary/aromatic N) is 5. The number of rotatable bonds is 4. The molecule has 2 aliphatic heterocycles. The molecule has 4 rings (SSSR count). The van der Waals surface area contributed by atoms with Gasteiger partial charge in [0, 0.05) is 43.3 Å². The van der Waals surface area contributed by atoms with Gasteiger partial charge in [-0.05, 0) is 43.9 Å². The number of hydrogen-bond donors (Lipinski definition) is 1. The monoisotopic (exact) mass is 366 g/mol. The molecule has 1 atom stereocenters. The zero-order valence-corrected chi connectivity index (χ0v) is 15.5. The van der Waals surface area contributed by atoms with Crippen LogP contribution < -0.4 is 5.73 Å². The molecule has 0 bridgehead atoms. The van der Waals surface area contributed by atoms with Gasteiger partial charge in [-0.3, -0.25) is 14.7 Å². The van der Waals surface area contributed by atoms with Crippen molar-refractivity contribution in [1.82, 2.24) is 24.8 Å². The number of anilines is 1. The summed E-state index contributed by atoms with van der Waals surface area (Å²) in [4.78, 5) is 29.6. The Labute approximate surface area is 159 Å². The van der Waals surface area contributed by atoms with Crippen LogP contribution in [0.25, 0.3) is 11.3 Å². The van der Waals surface area contributed by atoms with Crippen molar-refractivity contribution in [2.45, 2.75) is 38.1 Å². The normalized spacial score (nSPS) is 20.7. The van der Waals surface area contributed by atoms with E-state index in [0.717, 1.165) is 56.6 Å². The molecule has 4 heterocycles. The van der Waals surface area contributed by atoms with Crippen molar-refractivity contribution >= 4 is 11.9 Å². The summed E-state index contributed by atoms with van der Waals surface area (Å²) in [6.07, 6.45) is 11.0. The summed E-state index contributed by atoms with van der Waals surface area (Å²) in [5, 5.41) is 0. The van der Waals surface area contributed by atoms with Crippen LogP contribution in [0, 0.1) is 0 Å². The average Bonchev–Trinajstić information content (AvgIpc) is 3.24. The van der Waals surface area contributed by atoms with Gasteiger partial charge in [-0.25, -0.2) is 9.97 Å². The van der Waals surface area contributed by atoms with E-state index in [2.05, 4.69) is 25.9 Å². The Morgan fingerprint density at radius 3 is 2.44 bits per heavy atom. The molecule has 1 unspecified atom stereocenters. The van der Waals surface area contributed by atoms with Crippen molar-refractivity contribution in [2.75, 3.05) is 31.9 Å². The number of carbonyl (C=O) groups excluding carboxylic acids is 1. The van der Waals surface area contributed by atoms with Crippen molar-refractivity contribution in [1.29, 1.82) is 0 Å². The Bertz CT molecular complexity index is 770. The van der Waals surface area contributed by atoms with E-state index in [-0.39, 0.29) is 17.9 Å². The zero-order chi connectivity index (χ0) is 18.6. The van der Waals surface area contributed by atoms with Gasteiger partial charge >= 0.3 is 0 Å². The Kier molecular flexibility index (Phi) is 5.29. The van der Waals surface area contributed by atoms with Crippen LogP contribution in [0.4, 0.5) is 5.95 Å². The number of piperidine rings is 1. The number of aromatic nitrogens is 3. The van der Waals surface area contributed by atoms with Crippen molar-refractivity contribution in [3.8, 4) is 11.3 Å². The Morgan fingerprint density at radius 2 is 1.74 bits per heavy atom. The molecule has 2 aliphatic rings. The number of nitrogen functional groups attached to an aromatic ring is 1. The van der Waals surface area contributed by atoms with E-state index in [1.165, 1.54) is 12.0 Å². The summed E-state index contributed by atoms with van der Waals surface area (Å²) >= 11 is 0. The first-order valence-electron chi connectivity index (χ1n) is 9.76. The predicted molar refractivity (Wildman–Crippen MR) is 104 cm³/mol. The highest BCUT2D eigenvalue weighted by atomic mass is 16.2. The fourth-order valence-corrected chi connectivity index (χ4v) is 4.04. The summed E-state index contributed by atoms with van der Waals surface area (Å²) in [6, 6.07) is 4.37. The quantitative estimate of drug-likeness (QED) is 0.893. The molecule has 2 aromatic rings. The molecular formula is C20H26N6O. The molecule has 2 fully saturated rings. The van der Waals surface area contributed by atoms with Crippen LogP contribution in [-0.2, 0) is 4.79 Å². The molecule has 2 saturated heterocycles. The highest BCUT2D eigenvalue weighted by Gasteiger charge is 2.28. The zero-order valence-electron chi connectivity index (χ0n) is 15.5. The molecule has 2 N–H and O–H groups in total. The van der Waals surface area contributed by atoms with Crippen molar-refractivity contribution in [2.24, 2.45) is 0 Å². The van der Waals surface area contributed by atoms with E-state index >= 15 is 0 Å². The Hall–Kier alpha value is -2.54. The van der Waals surface area contributed by atoms with E-state index < -0.39 is 0 Å². The van der Waals surface area contributed by atoms with Gasteiger partial charge in [0.1, 0.15) is 0 Å². The van der Waals surface area contributed by atoms with Crippen molar-refractivity contribution in [3.05, 3.63) is 36.3 Å². The molecule has 7 nitrogen and oxygen atoms in total. The minimum absolute atomic E-state index is 0.259. The lowest BCUT2D eigenvalue weighted by atomic mass is 9.96. The van der Waals surface area contributed by atoms with Gasteiger partial charge in [-0.2, -0.15) is 0 Å². The lowest BCUT2D eigenvalue weighted by Crippen LogP contribution is -2.42. The van der Waals surface area contributed by atoms with Gasteiger partial charge in [-0.15, -0.1) is 0 Å². The minimum Gasteiger partial charge on any atom is -0.368 e. The Balaban J connectivity index is 1.47. The summed E-state index contributed by atoms with van der Waals surface area (Å²) < 4.78 is 0. The maximum absolute atomic E-state index is 12.6. The number of pyridine rings is 1. The number of nitrogens with two attached hydrogens (primary N) is 1. The summed E-state index contributed by atoms with van der Waals surface area (Å²) in [6.45, 7) is 3.31. The first-order chi connectivity index (χ1) is 13.2. The summed E-state index contributed by atoms with van der Waals surface area (Å²) in [5.41, 5.74) is 8.39. The van der Waals surface area contributed by atoms with Gasteiger partial charge in [0.05, 0.1) is 12.2 Å². The molecule has 0 spiro atoms. The van der Waals surface area contributed by atoms with Crippen LogP contribution in [0.5, 0.6) is 0 Å². The van der Waals surface area contributed by atoms with Crippen molar-refractivity contribution in [3.63, 3.8) is 0 Å². The van der Waals surface area contributed by atoms with Crippen LogP contribution in [0.15, 0.2) is 30.7 Å². The van der Waals surface area contributed by atoms with E-state index in [1.807, 2.05) is 17.2 Å². The molecule has 0 aromatic carbocycles. The molecule has 0 saturated carbocycles. The van der Waals surface area contributed by atoms with Crippen LogP contribution >= 0.6 is 0 Å². The van der Waals surface area contributed by atoms with Gasteiger partial charge in [0.2, 0.25) is 11.9 Å². The second-order valence-electron chi connectivity index (χ2n) is 7.38. The smallest absolute Gasteiger partial charge is 0.236 e. The lowest BCUT2D eigenvalue weighted by molar-refractivity contribution is -0.132. The third-order valence-corrected chi connectivity index (χ3v) is 5.55. The predicted octanol–water partition coefficient (Wildman–Crippen LogP) is 2.27. The number of carbonyl (C=O) groups is 1. The fourth-order valence-electron chi connectivity index (χ4n) is 4.04. The second kappa shape index (κ2) is 8.00. The van der Waals surface area contributed by atoms with Crippen LogP contribution in [-0.4, -0.2) is 56.8 Å². The van der Waals surface area contributed by atoms with Gasteiger partial charge < -0.3 is 10.6 Å². The van der Waals surface area contributed by atoms with Crippen LogP contribution in [0.2, 0.25) is 0 Å².